The molecule has 1 aromatic rings. The molecule has 1 heterocycles. The standard InChI is InChI=1S/C11H12F3NO2S/c12-11(13,14)8-2-1-3-10(6-8)18(16,17)7-9-4-5-15-9/h1-3,6,9,15H,4-5,7H2. The van der Waals surface area contributed by atoms with Crippen molar-refractivity contribution in [3.05, 3.63) is 29.8 Å². The summed E-state index contributed by atoms with van der Waals surface area (Å²) in [5.74, 6) is -0.158. The molecular formula is C11H12F3NO2S. The van der Waals surface area contributed by atoms with E-state index in [-0.39, 0.29) is 16.7 Å². The molecule has 0 aromatic heterocycles. The maximum atomic E-state index is 12.5. The Bertz CT molecular complexity index is 535. The molecule has 0 spiro atoms. The number of hydrogen-bond donors (Lipinski definition) is 1. The highest BCUT2D eigenvalue weighted by Gasteiger charge is 2.32. The van der Waals surface area contributed by atoms with E-state index in [9.17, 15) is 21.6 Å². The first kappa shape index (κ1) is 13.4. The van der Waals surface area contributed by atoms with Crippen LogP contribution < -0.4 is 5.32 Å². The van der Waals surface area contributed by atoms with Gasteiger partial charge in [-0.15, -0.1) is 0 Å². The van der Waals surface area contributed by atoms with Crippen LogP contribution in [0.2, 0.25) is 0 Å². The second kappa shape index (κ2) is 4.55. The van der Waals surface area contributed by atoms with E-state index in [1.54, 1.807) is 0 Å². The van der Waals surface area contributed by atoms with Crippen molar-refractivity contribution in [2.24, 2.45) is 0 Å². The van der Waals surface area contributed by atoms with Crippen LogP contribution in [0.1, 0.15) is 12.0 Å². The highest BCUT2D eigenvalue weighted by Crippen LogP contribution is 2.30. The maximum Gasteiger partial charge on any atom is 0.416 e. The zero-order chi connectivity index (χ0) is 13.4. The van der Waals surface area contributed by atoms with Crippen molar-refractivity contribution in [2.75, 3.05) is 12.3 Å². The second-order valence-electron chi connectivity index (χ2n) is 4.25. The van der Waals surface area contributed by atoms with E-state index in [0.717, 1.165) is 25.1 Å². The molecule has 0 aliphatic carbocycles. The van der Waals surface area contributed by atoms with E-state index >= 15 is 0 Å². The molecule has 1 aromatic carbocycles. The molecule has 1 aliphatic rings. The van der Waals surface area contributed by atoms with E-state index in [4.69, 9.17) is 0 Å². The number of benzene rings is 1. The molecule has 0 radical (unpaired) electrons. The molecule has 7 heteroatoms. The average molecular weight is 279 g/mol. The largest absolute Gasteiger partial charge is 0.416 e. The molecule has 1 aliphatic heterocycles. The van der Waals surface area contributed by atoms with Gasteiger partial charge >= 0.3 is 6.18 Å². The SMILES string of the molecule is O=S(=O)(CC1CCN1)c1cccc(C(F)(F)F)c1. The van der Waals surface area contributed by atoms with Crippen molar-refractivity contribution in [3.63, 3.8) is 0 Å². The van der Waals surface area contributed by atoms with E-state index in [0.29, 0.717) is 6.07 Å². The second-order valence-corrected chi connectivity index (χ2v) is 6.28. The molecule has 3 nitrogen and oxygen atoms in total. The molecule has 18 heavy (non-hydrogen) atoms. The predicted molar refractivity (Wildman–Crippen MR) is 59.9 cm³/mol. The van der Waals surface area contributed by atoms with Gasteiger partial charge in [0.25, 0.3) is 0 Å². The van der Waals surface area contributed by atoms with Crippen molar-refractivity contribution in [3.8, 4) is 0 Å². The quantitative estimate of drug-likeness (QED) is 0.918. The fourth-order valence-corrected chi connectivity index (χ4v) is 3.32. The zero-order valence-corrected chi connectivity index (χ0v) is 10.2. The topological polar surface area (TPSA) is 46.2 Å². The van der Waals surface area contributed by atoms with Gasteiger partial charge < -0.3 is 5.32 Å². The first-order chi connectivity index (χ1) is 8.29. The molecule has 1 fully saturated rings. The van der Waals surface area contributed by atoms with Crippen molar-refractivity contribution < 1.29 is 21.6 Å². The van der Waals surface area contributed by atoms with Crippen LogP contribution in [0, 0.1) is 0 Å². The van der Waals surface area contributed by atoms with Crippen LogP contribution in [0.4, 0.5) is 13.2 Å². The number of sulfone groups is 1. The van der Waals surface area contributed by atoms with Crippen LogP contribution in [-0.4, -0.2) is 26.8 Å². The van der Waals surface area contributed by atoms with E-state index in [2.05, 4.69) is 5.32 Å². The third-order valence-electron chi connectivity index (χ3n) is 2.87. The van der Waals surface area contributed by atoms with Crippen LogP contribution in [0.5, 0.6) is 0 Å². The Hall–Kier alpha value is -1.08. The van der Waals surface area contributed by atoms with Crippen molar-refractivity contribution in [2.45, 2.75) is 23.5 Å². The molecule has 1 atom stereocenters. The van der Waals surface area contributed by atoms with Crippen LogP contribution in [-0.2, 0) is 16.0 Å². The lowest BCUT2D eigenvalue weighted by Crippen LogP contribution is -2.47. The van der Waals surface area contributed by atoms with Gasteiger partial charge in [0.2, 0.25) is 0 Å². The summed E-state index contributed by atoms with van der Waals surface area (Å²) in [5.41, 5.74) is -0.940. The lowest BCUT2D eigenvalue weighted by molar-refractivity contribution is -0.137. The fraction of sp³-hybridized carbons (Fsp3) is 0.455. The van der Waals surface area contributed by atoms with E-state index in [1.807, 2.05) is 0 Å². The van der Waals surface area contributed by atoms with Crippen LogP contribution in [0.25, 0.3) is 0 Å². The summed E-state index contributed by atoms with van der Waals surface area (Å²) >= 11 is 0. The smallest absolute Gasteiger partial charge is 0.313 e. The van der Waals surface area contributed by atoms with Gasteiger partial charge in [-0.05, 0) is 31.2 Å². The molecule has 0 bridgehead atoms. The average Bonchev–Trinajstić information content (AvgIpc) is 2.23. The summed E-state index contributed by atoms with van der Waals surface area (Å²) in [6.07, 6.45) is -3.79. The first-order valence-corrected chi connectivity index (χ1v) is 7.08. The first-order valence-electron chi connectivity index (χ1n) is 5.42. The zero-order valence-electron chi connectivity index (χ0n) is 9.37. The van der Waals surface area contributed by atoms with E-state index in [1.165, 1.54) is 6.07 Å². The molecule has 100 valence electrons. The Labute approximate surface area is 103 Å². The third kappa shape index (κ3) is 2.84. The molecular weight excluding hydrogens is 267 g/mol. The Morgan fingerprint density at radius 3 is 2.50 bits per heavy atom. The Morgan fingerprint density at radius 2 is 2.00 bits per heavy atom. The van der Waals surface area contributed by atoms with Gasteiger partial charge in [0.15, 0.2) is 9.84 Å². The summed E-state index contributed by atoms with van der Waals surface area (Å²) in [6.45, 7) is 0.753. The third-order valence-corrected chi connectivity index (χ3v) is 4.68. The van der Waals surface area contributed by atoms with Crippen LogP contribution in [0.15, 0.2) is 29.2 Å². The van der Waals surface area contributed by atoms with Gasteiger partial charge in [-0.1, -0.05) is 6.07 Å². The van der Waals surface area contributed by atoms with Crippen molar-refractivity contribution in [1.82, 2.24) is 5.32 Å². The van der Waals surface area contributed by atoms with Crippen LogP contribution in [0.3, 0.4) is 0 Å². The summed E-state index contributed by atoms with van der Waals surface area (Å²) < 4.78 is 61.3. The fourth-order valence-electron chi connectivity index (χ4n) is 1.72. The Balaban J connectivity index is 2.27. The number of hydrogen-bond acceptors (Lipinski definition) is 3. The van der Waals surface area contributed by atoms with Gasteiger partial charge in [0.05, 0.1) is 16.2 Å². The molecule has 0 amide bonds. The van der Waals surface area contributed by atoms with Gasteiger partial charge in [-0.25, -0.2) is 8.42 Å². The molecule has 1 unspecified atom stereocenters. The number of alkyl halides is 3. The normalized spacial score (nSPS) is 20.5. The highest BCUT2D eigenvalue weighted by atomic mass is 32.2. The Kier molecular flexibility index (Phi) is 3.37. The van der Waals surface area contributed by atoms with Gasteiger partial charge in [0, 0.05) is 6.04 Å². The number of halogens is 3. The lowest BCUT2D eigenvalue weighted by atomic mass is 10.1. The monoisotopic (exact) mass is 279 g/mol. The van der Waals surface area contributed by atoms with Crippen molar-refractivity contribution in [1.29, 1.82) is 0 Å². The van der Waals surface area contributed by atoms with E-state index < -0.39 is 21.6 Å². The summed E-state index contributed by atoms with van der Waals surface area (Å²) in [4.78, 5) is -0.272. The molecule has 2 rings (SSSR count). The predicted octanol–water partition coefficient (Wildman–Crippen LogP) is 1.84. The lowest BCUT2D eigenvalue weighted by Gasteiger charge is -2.27. The summed E-state index contributed by atoms with van der Waals surface area (Å²) in [7, 11) is -3.67. The summed E-state index contributed by atoms with van der Waals surface area (Å²) in [5, 5.41) is 2.91. The highest BCUT2D eigenvalue weighted by molar-refractivity contribution is 7.91. The van der Waals surface area contributed by atoms with Gasteiger partial charge in [0.1, 0.15) is 0 Å². The van der Waals surface area contributed by atoms with Crippen LogP contribution >= 0.6 is 0 Å². The minimum Gasteiger partial charge on any atom is -0.313 e. The minimum absolute atomic E-state index is 0.149. The molecule has 1 saturated heterocycles. The number of nitrogens with one attached hydrogen (secondary N) is 1. The minimum atomic E-state index is -4.53. The number of rotatable bonds is 3. The molecule has 0 saturated carbocycles. The molecule has 1 N–H and O–H groups in total. The van der Waals surface area contributed by atoms with Gasteiger partial charge in [-0.3, -0.25) is 0 Å². The van der Waals surface area contributed by atoms with Gasteiger partial charge in [-0.2, -0.15) is 13.2 Å². The summed E-state index contributed by atoms with van der Waals surface area (Å²) in [6, 6.07) is 3.71. The Morgan fingerprint density at radius 1 is 1.33 bits per heavy atom. The van der Waals surface area contributed by atoms with Crippen molar-refractivity contribution >= 4 is 9.84 Å². The maximum absolute atomic E-state index is 12.5.